The summed E-state index contributed by atoms with van der Waals surface area (Å²) in [6.45, 7) is 9.92. The molecule has 2 bridgehead atoms. The summed E-state index contributed by atoms with van der Waals surface area (Å²) < 4.78 is 23.5. The van der Waals surface area contributed by atoms with E-state index in [-0.39, 0.29) is 42.9 Å². The Bertz CT molecular complexity index is 1580. The molecule has 13 nitrogen and oxygen atoms in total. The first-order valence-corrected chi connectivity index (χ1v) is 18.0. The summed E-state index contributed by atoms with van der Waals surface area (Å²) >= 11 is 0. The minimum absolute atomic E-state index is 0.00807. The third kappa shape index (κ3) is 7.15. The zero-order valence-corrected chi connectivity index (χ0v) is 29.8. The average molecular weight is 698 g/mol. The zero-order valence-electron chi connectivity index (χ0n) is 29.8. The normalized spacial score (nSPS) is 32.8. The number of carbonyl (C=O) groups excluding carboxylic acids is 4. The molecule has 1 aromatic carbocycles. The number of hydrogen-bond acceptors (Lipinski definition) is 10. The Balaban J connectivity index is 1.05. The van der Waals surface area contributed by atoms with Gasteiger partial charge in [0, 0.05) is 48.2 Å². The summed E-state index contributed by atoms with van der Waals surface area (Å²) in [4.78, 5) is 67.7. The summed E-state index contributed by atoms with van der Waals surface area (Å²) in [5.74, 6) is -2.70. The highest BCUT2D eigenvalue weighted by molar-refractivity contribution is 5.92. The van der Waals surface area contributed by atoms with E-state index >= 15 is 0 Å². The average Bonchev–Trinajstić information content (AvgIpc) is 3.35. The van der Waals surface area contributed by atoms with Gasteiger partial charge in [0.1, 0.15) is 12.1 Å². The maximum atomic E-state index is 13.5. The molecule has 1 aromatic heterocycles. The van der Waals surface area contributed by atoms with Crippen molar-refractivity contribution in [3.05, 3.63) is 36.0 Å². The number of hydrogen-bond donors (Lipinski definition) is 3. The van der Waals surface area contributed by atoms with Gasteiger partial charge in [-0.1, -0.05) is 45.9 Å². The SMILES string of the molecule is COC(=O)[C@H](Cc1c[nH]c2ccccc12)NC(=O)[C@H](CC(C)C)NC(=O)CCC(=O)O[C@@H]1O[C@H]2O[C@@]3(C)CC[C@H]4[C@H](C)CC[C@@H]([C@H]1C)[C@@]24OO3. The lowest BCUT2D eigenvalue weighted by Gasteiger charge is -2.59. The van der Waals surface area contributed by atoms with Crippen LogP contribution < -0.4 is 10.6 Å². The van der Waals surface area contributed by atoms with Crippen LogP contribution >= 0.6 is 0 Å². The molecule has 0 radical (unpaired) electrons. The van der Waals surface area contributed by atoms with Crippen LogP contribution in [0.5, 0.6) is 0 Å². The van der Waals surface area contributed by atoms with E-state index in [0.717, 1.165) is 35.7 Å². The van der Waals surface area contributed by atoms with Crippen molar-refractivity contribution in [3.8, 4) is 0 Å². The standard InChI is InChI=1S/C37H51N3O10/c1-20(2)17-28(32(43)40-29(33(44)45-6)18-23-19-38-27-10-8-7-9-24(23)27)39-30(41)13-14-31(42)46-34-22(4)26-12-11-21(3)25-15-16-36(5)48-35(47-34)37(25,26)50-49-36/h7-10,19-22,25-26,28-29,34-35,38H,11-18H2,1-6H3,(H,39,41)(H,40,43)/t21-,22-,25+,26+,28+,29+,34-,35+,36-,37-/m1/s1. The number of carbonyl (C=O) groups is 4. The van der Waals surface area contributed by atoms with E-state index in [1.807, 2.05) is 52.0 Å². The second-order valence-corrected chi connectivity index (χ2v) is 15.2. The fraction of sp³-hybridized carbons (Fsp3) is 0.676. The van der Waals surface area contributed by atoms with Crippen molar-refractivity contribution in [2.45, 2.75) is 122 Å². The van der Waals surface area contributed by atoms with Crippen LogP contribution in [-0.2, 0) is 54.3 Å². The van der Waals surface area contributed by atoms with Gasteiger partial charge >= 0.3 is 11.9 Å². The van der Waals surface area contributed by atoms with Gasteiger partial charge in [0.2, 0.25) is 23.9 Å². The number of benzene rings is 1. The topological polar surface area (TPSA) is 164 Å². The molecule has 4 saturated heterocycles. The number of para-hydroxylation sites is 1. The van der Waals surface area contributed by atoms with Gasteiger partial charge in [-0.15, -0.1) is 0 Å². The van der Waals surface area contributed by atoms with Gasteiger partial charge in [-0.25, -0.2) is 14.6 Å². The summed E-state index contributed by atoms with van der Waals surface area (Å²) in [5.41, 5.74) is 0.982. The summed E-state index contributed by atoms with van der Waals surface area (Å²) in [6, 6.07) is 5.77. The molecule has 13 heteroatoms. The van der Waals surface area contributed by atoms with Crippen LogP contribution in [0.4, 0.5) is 0 Å². The van der Waals surface area contributed by atoms with E-state index in [1.54, 1.807) is 6.20 Å². The van der Waals surface area contributed by atoms with Crippen molar-refractivity contribution in [1.82, 2.24) is 15.6 Å². The zero-order chi connectivity index (χ0) is 35.8. The highest BCUT2D eigenvalue weighted by atomic mass is 17.3. The lowest BCUT2D eigenvalue weighted by atomic mass is 9.58. The van der Waals surface area contributed by atoms with Crippen LogP contribution in [0.15, 0.2) is 30.5 Å². The minimum Gasteiger partial charge on any atom is -0.467 e. The number of rotatable bonds is 12. The molecule has 0 unspecified atom stereocenters. The highest BCUT2D eigenvalue weighted by Gasteiger charge is 2.69. The van der Waals surface area contributed by atoms with Gasteiger partial charge in [0.05, 0.1) is 13.5 Å². The Kier molecular flexibility index (Phi) is 10.6. The van der Waals surface area contributed by atoms with Crippen molar-refractivity contribution < 1.29 is 47.9 Å². The van der Waals surface area contributed by atoms with Crippen LogP contribution in [0.1, 0.15) is 85.1 Å². The number of ether oxygens (including phenoxy) is 4. The molecule has 5 heterocycles. The van der Waals surface area contributed by atoms with E-state index < -0.39 is 59.8 Å². The maximum absolute atomic E-state index is 13.5. The molecule has 1 saturated carbocycles. The Morgan fingerprint density at radius 2 is 1.78 bits per heavy atom. The number of aromatic amines is 1. The molecule has 50 heavy (non-hydrogen) atoms. The Labute approximate surface area is 292 Å². The molecule has 1 aliphatic carbocycles. The Morgan fingerprint density at radius 3 is 2.54 bits per heavy atom. The van der Waals surface area contributed by atoms with Crippen molar-refractivity contribution in [2.75, 3.05) is 7.11 Å². The van der Waals surface area contributed by atoms with Crippen LogP contribution in [0.2, 0.25) is 0 Å². The predicted molar refractivity (Wildman–Crippen MR) is 179 cm³/mol. The van der Waals surface area contributed by atoms with E-state index in [9.17, 15) is 19.2 Å². The van der Waals surface area contributed by atoms with Crippen molar-refractivity contribution in [1.29, 1.82) is 0 Å². The molecule has 10 atom stereocenters. The van der Waals surface area contributed by atoms with Gasteiger partial charge in [0.25, 0.3) is 0 Å². The van der Waals surface area contributed by atoms with Crippen LogP contribution in [0, 0.1) is 29.6 Å². The lowest BCUT2D eigenvalue weighted by Crippen LogP contribution is -2.70. The van der Waals surface area contributed by atoms with Gasteiger partial charge in [-0.05, 0) is 62.0 Å². The molecular formula is C37H51N3O10. The van der Waals surface area contributed by atoms with E-state index in [1.165, 1.54) is 7.11 Å². The Hall–Kier alpha value is -3.52. The second-order valence-electron chi connectivity index (χ2n) is 15.2. The molecule has 4 aliphatic heterocycles. The Morgan fingerprint density at radius 1 is 1.00 bits per heavy atom. The second kappa shape index (κ2) is 14.6. The molecule has 5 fully saturated rings. The molecule has 3 N–H and O–H groups in total. The summed E-state index contributed by atoms with van der Waals surface area (Å²) in [7, 11) is 1.27. The van der Waals surface area contributed by atoms with Gasteiger partial charge < -0.3 is 34.6 Å². The van der Waals surface area contributed by atoms with Crippen LogP contribution in [0.25, 0.3) is 10.9 Å². The van der Waals surface area contributed by atoms with E-state index in [4.69, 9.17) is 28.7 Å². The first-order chi connectivity index (χ1) is 23.8. The van der Waals surface area contributed by atoms with Gasteiger partial charge in [-0.3, -0.25) is 14.4 Å². The van der Waals surface area contributed by atoms with E-state index in [0.29, 0.717) is 18.8 Å². The maximum Gasteiger partial charge on any atom is 0.328 e. The molecular weight excluding hydrogens is 646 g/mol. The fourth-order valence-corrected chi connectivity index (χ4v) is 8.51. The van der Waals surface area contributed by atoms with Crippen LogP contribution in [0.3, 0.4) is 0 Å². The van der Waals surface area contributed by atoms with Crippen molar-refractivity contribution >= 4 is 34.7 Å². The van der Waals surface area contributed by atoms with Crippen molar-refractivity contribution in [2.24, 2.45) is 29.6 Å². The van der Waals surface area contributed by atoms with Gasteiger partial charge in [0.15, 0.2) is 11.9 Å². The smallest absolute Gasteiger partial charge is 0.328 e. The quantitative estimate of drug-likeness (QED) is 0.214. The number of esters is 2. The molecule has 1 spiro atoms. The molecule has 274 valence electrons. The minimum atomic E-state index is -0.972. The molecule has 7 rings (SSSR count). The number of aromatic nitrogens is 1. The number of amides is 2. The summed E-state index contributed by atoms with van der Waals surface area (Å²) in [5, 5.41) is 6.49. The van der Waals surface area contributed by atoms with Crippen molar-refractivity contribution in [3.63, 3.8) is 0 Å². The predicted octanol–water partition coefficient (Wildman–Crippen LogP) is 4.43. The monoisotopic (exact) mass is 697 g/mol. The summed E-state index contributed by atoms with van der Waals surface area (Å²) in [6.07, 6.45) is 3.74. The molecule has 2 amide bonds. The third-order valence-corrected chi connectivity index (χ3v) is 11.2. The van der Waals surface area contributed by atoms with E-state index in [2.05, 4.69) is 22.5 Å². The lowest BCUT2D eigenvalue weighted by molar-refractivity contribution is -0.576. The molecule has 2 aromatic rings. The fourth-order valence-electron chi connectivity index (χ4n) is 8.51. The molecule has 5 aliphatic rings. The number of methoxy groups -OCH3 is 1. The largest absolute Gasteiger partial charge is 0.467 e. The van der Waals surface area contributed by atoms with Gasteiger partial charge in [-0.2, -0.15) is 0 Å². The van der Waals surface area contributed by atoms with Crippen LogP contribution in [-0.4, -0.2) is 71.9 Å². The highest BCUT2D eigenvalue weighted by Crippen LogP contribution is 2.60. The number of nitrogens with one attached hydrogen (secondary N) is 3. The third-order valence-electron chi connectivity index (χ3n) is 11.2. The number of fused-ring (bicyclic) bond motifs is 3. The first kappa shape index (κ1) is 36.3. The first-order valence-electron chi connectivity index (χ1n) is 18.0. The number of H-pyrrole nitrogens is 1.